The molecule has 0 spiro atoms. The molecule has 330 valence electrons. The van der Waals surface area contributed by atoms with Gasteiger partial charge in [0.05, 0.1) is 28.8 Å². The van der Waals surface area contributed by atoms with Crippen molar-refractivity contribution in [3.8, 4) is 33.8 Å². The summed E-state index contributed by atoms with van der Waals surface area (Å²) < 4.78 is 14.9. The van der Waals surface area contributed by atoms with Crippen LogP contribution in [-0.2, 0) is 27.2 Å². The Bertz CT molecular complexity index is 3070. The van der Waals surface area contributed by atoms with Crippen molar-refractivity contribution >= 4 is 40.4 Å². The van der Waals surface area contributed by atoms with E-state index < -0.39 is 36.0 Å². The van der Waals surface area contributed by atoms with Crippen molar-refractivity contribution in [3.63, 3.8) is 0 Å². The molecule has 8 rings (SSSR count). The molecule has 0 unspecified atom stereocenters. The van der Waals surface area contributed by atoms with Crippen molar-refractivity contribution in [2.75, 3.05) is 13.2 Å². The van der Waals surface area contributed by atoms with Gasteiger partial charge in [0.15, 0.2) is 6.61 Å². The second-order valence-corrected chi connectivity index (χ2v) is 15.0. The van der Waals surface area contributed by atoms with Crippen LogP contribution in [0.3, 0.4) is 0 Å². The minimum absolute atomic E-state index is 0. The molecular weight excluding hydrogens is 832 g/mol. The van der Waals surface area contributed by atoms with Crippen LogP contribution in [0.2, 0.25) is 0 Å². The molecule has 8 aromatic rings. The average molecular weight is 879 g/mol. The first-order chi connectivity index (χ1) is 30.9. The van der Waals surface area contributed by atoms with E-state index in [2.05, 4.69) is 24.3 Å². The van der Waals surface area contributed by atoms with E-state index in [0.29, 0.717) is 47.4 Å². The molecule has 0 saturated heterocycles. The number of hydrogen-bond donors (Lipinski definition) is 3. The number of carbonyl (C=O) groups excluding carboxylic acids is 4. The number of rotatable bonds is 15. The minimum atomic E-state index is -1.15. The van der Waals surface area contributed by atoms with E-state index in [1.807, 2.05) is 115 Å². The number of primary amides is 2. The number of hydrogen-bond acceptors (Lipinski definition) is 8. The van der Waals surface area contributed by atoms with Crippen LogP contribution in [0.1, 0.15) is 61.3 Å². The Kier molecular flexibility index (Phi) is 16.3. The number of nitrogens with zero attached hydrogens (tertiary/aromatic N) is 2. The summed E-state index contributed by atoms with van der Waals surface area (Å²) in [7, 11) is 0. The van der Waals surface area contributed by atoms with Gasteiger partial charge in [0.2, 0.25) is 0 Å². The number of nitrogens with two attached hydrogens (primary N) is 2. The quantitative estimate of drug-likeness (QED) is 0.0714. The third-order valence-electron chi connectivity index (χ3n) is 11.1. The van der Waals surface area contributed by atoms with Gasteiger partial charge in [0, 0.05) is 36.6 Å². The van der Waals surface area contributed by atoms with Crippen LogP contribution in [0.15, 0.2) is 146 Å². The molecular formula is C52H47LiN4O9. The third kappa shape index (κ3) is 10.1. The van der Waals surface area contributed by atoms with E-state index in [-0.39, 0.29) is 35.6 Å². The summed E-state index contributed by atoms with van der Waals surface area (Å²) in [5, 5.41) is 9.03. The molecule has 0 saturated carbocycles. The number of carbonyl (C=O) groups is 5. The molecule has 4 aromatic heterocycles. The molecule has 4 heterocycles. The largest absolute Gasteiger partial charge is 1.00 e. The van der Waals surface area contributed by atoms with Crippen molar-refractivity contribution in [2.45, 2.75) is 33.6 Å². The monoisotopic (exact) mass is 878 g/mol. The number of fused-ring (bicyclic) bond motifs is 2. The van der Waals surface area contributed by atoms with E-state index >= 15 is 0 Å². The number of carboxylic acids is 1. The maximum atomic E-state index is 12.8. The van der Waals surface area contributed by atoms with Gasteiger partial charge >= 0.3 is 24.8 Å². The minimum Gasteiger partial charge on any atom is -0.870 e. The molecule has 0 aliphatic heterocycles. The summed E-state index contributed by atoms with van der Waals surface area (Å²) >= 11 is 0. The predicted molar refractivity (Wildman–Crippen MR) is 247 cm³/mol. The van der Waals surface area contributed by atoms with Gasteiger partial charge < -0.3 is 40.3 Å². The zero-order valence-corrected chi connectivity index (χ0v) is 37.0. The SMILES string of the molecule is CCOc1cccn2c(Cc3ccccc3-c3ccccc3)c(C)c(C(=O)C(N)=O)c12.Cc1c(C(=O)C(N)=O)c2c(OCC(=O)O)cccn2c1Cc1ccccc1-c1ccccc1.[Li+].[OH-]. The van der Waals surface area contributed by atoms with Gasteiger partial charge in [-0.3, -0.25) is 19.2 Å². The van der Waals surface area contributed by atoms with Crippen LogP contribution in [-0.4, -0.2) is 61.9 Å². The van der Waals surface area contributed by atoms with Crippen molar-refractivity contribution < 1.29 is 62.9 Å². The Morgan fingerprint density at radius 1 is 0.545 bits per heavy atom. The molecule has 0 atom stereocenters. The molecule has 13 nitrogen and oxygen atoms in total. The van der Waals surface area contributed by atoms with E-state index in [1.54, 1.807) is 35.7 Å². The van der Waals surface area contributed by atoms with E-state index in [0.717, 1.165) is 50.3 Å². The number of ether oxygens (including phenoxy) is 2. The van der Waals surface area contributed by atoms with E-state index in [9.17, 15) is 24.0 Å². The molecule has 66 heavy (non-hydrogen) atoms. The number of Topliss-reactive ketones (excluding diaryl/α,β-unsaturated/α-hetero) is 2. The van der Waals surface area contributed by atoms with Crippen LogP contribution in [0.5, 0.6) is 11.5 Å². The molecule has 4 aromatic carbocycles. The van der Waals surface area contributed by atoms with Crippen LogP contribution in [0.4, 0.5) is 0 Å². The normalized spacial score (nSPS) is 10.5. The van der Waals surface area contributed by atoms with Crippen molar-refractivity contribution in [1.82, 2.24) is 8.80 Å². The van der Waals surface area contributed by atoms with Gasteiger partial charge in [-0.25, -0.2) is 4.79 Å². The average Bonchev–Trinajstić information content (AvgIpc) is 3.75. The first-order valence-electron chi connectivity index (χ1n) is 20.6. The number of ketones is 2. The number of aliphatic carboxylic acids is 1. The zero-order valence-electron chi connectivity index (χ0n) is 37.0. The van der Waals surface area contributed by atoms with E-state index in [1.165, 1.54) is 0 Å². The van der Waals surface area contributed by atoms with Gasteiger partial charge in [0.1, 0.15) is 11.5 Å². The Balaban J connectivity index is 0.000000241. The fourth-order valence-electron chi connectivity index (χ4n) is 8.19. The first-order valence-corrected chi connectivity index (χ1v) is 20.6. The Morgan fingerprint density at radius 3 is 1.30 bits per heavy atom. The van der Waals surface area contributed by atoms with Gasteiger partial charge in [0.25, 0.3) is 23.4 Å². The maximum Gasteiger partial charge on any atom is 1.00 e. The van der Waals surface area contributed by atoms with Gasteiger partial charge in [-0.15, -0.1) is 0 Å². The summed E-state index contributed by atoms with van der Waals surface area (Å²) in [5.74, 6) is -4.02. The van der Waals surface area contributed by atoms with Crippen molar-refractivity contribution in [2.24, 2.45) is 11.5 Å². The third-order valence-corrected chi connectivity index (χ3v) is 11.1. The maximum absolute atomic E-state index is 12.8. The van der Waals surface area contributed by atoms with Crippen LogP contribution in [0, 0.1) is 13.8 Å². The Hall–Kier alpha value is -7.69. The Morgan fingerprint density at radius 2 is 0.924 bits per heavy atom. The summed E-state index contributed by atoms with van der Waals surface area (Å²) in [6.07, 6.45) is 4.70. The molecule has 2 amide bonds. The number of benzene rings is 4. The zero-order chi connectivity index (χ0) is 45.5. The molecule has 0 fully saturated rings. The molecule has 0 aliphatic carbocycles. The topological polar surface area (TPSA) is 215 Å². The van der Waals surface area contributed by atoms with Gasteiger partial charge in [-0.05, 0) is 89.5 Å². The number of aromatic nitrogens is 2. The first kappa shape index (κ1) is 49.3. The summed E-state index contributed by atoms with van der Waals surface area (Å²) in [5.41, 5.74) is 21.6. The number of pyridine rings is 2. The molecule has 14 heteroatoms. The number of carboxylic acid groups (broad SMARTS) is 1. The number of amides is 2. The van der Waals surface area contributed by atoms with Crippen molar-refractivity contribution in [3.05, 3.63) is 191 Å². The second kappa shape index (κ2) is 21.8. The summed E-state index contributed by atoms with van der Waals surface area (Å²) in [6, 6.07) is 43.3. The van der Waals surface area contributed by atoms with Crippen LogP contribution >= 0.6 is 0 Å². The molecule has 0 radical (unpaired) electrons. The summed E-state index contributed by atoms with van der Waals surface area (Å²) in [4.78, 5) is 60.2. The molecule has 0 bridgehead atoms. The van der Waals surface area contributed by atoms with Gasteiger partial charge in [-0.2, -0.15) is 0 Å². The predicted octanol–water partition coefficient (Wildman–Crippen LogP) is 5.04. The van der Waals surface area contributed by atoms with Crippen LogP contribution < -0.4 is 39.8 Å². The van der Waals surface area contributed by atoms with Crippen molar-refractivity contribution in [1.29, 1.82) is 0 Å². The Labute approximate surface area is 393 Å². The smallest absolute Gasteiger partial charge is 0.870 e. The standard InChI is InChI=1S/C26H22N2O5.C26H24N2O3.Li.H2O/c1-16-20(14-18-10-5-6-11-19(18)17-8-3-2-4-9-17)28-13-7-12-21(33-15-22(29)30)24(28)23(16)25(31)26(27)32;1-3-31-22-14-9-15-28-21(17(2)23(24(22)28)25(29)26(27)30)16-19-12-7-8-13-20(19)18-10-5-4-6-11-18;;/h2-13H,14-15H2,1H3,(H2,27,32)(H,29,30);4-15H,3,16H2,1-2H3,(H2,27,30);;1H2/q;;+1;/p-1. The second-order valence-electron chi connectivity index (χ2n) is 15.0. The summed E-state index contributed by atoms with van der Waals surface area (Å²) in [6.45, 7) is 5.36. The van der Waals surface area contributed by atoms with E-state index in [4.69, 9.17) is 26.0 Å². The van der Waals surface area contributed by atoms with Gasteiger partial charge in [-0.1, -0.05) is 109 Å². The molecule has 6 N–H and O–H groups in total. The van der Waals surface area contributed by atoms with Crippen LogP contribution in [0.25, 0.3) is 33.3 Å². The molecule has 0 aliphatic rings. The fourth-order valence-corrected chi connectivity index (χ4v) is 8.19. The fraction of sp³-hybridized carbons (Fsp3) is 0.135.